The van der Waals surface area contributed by atoms with E-state index in [1.54, 1.807) is 12.4 Å². The topological polar surface area (TPSA) is 92.8 Å². The molecule has 124 valence electrons. The number of ether oxygens (including phenoxy) is 1. The molecule has 0 saturated carbocycles. The number of para-hydroxylation sites is 1. The minimum absolute atomic E-state index is 0.280. The van der Waals surface area contributed by atoms with Crippen LogP contribution in [-0.4, -0.2) is 33.2 Å². The fourth-order valence-electron chi connectivity index (χ4n) is 2.79. The number of aryl methyl sites for hydroxylation is 1. The number of rotatable bonds is 3. The smallest absolute Gasteiger partial charge is 0.260 e. The van der Waals surface area contributed by atoms with Crippen LogP contribution in [-0.2, 0) is 0 Å². The Morgan fingerprint density at radius 2 is 2.00 bits per heavy atom. The summed E-state index contributed by atoms with van der Waals surface area (Å²) in [7, 11) is 1.52. The number of nitrogens with one attached hydrogen (secondary N) is 2. The molecular formula is C18H15N5O2. The average Bonchev–Trinajstić information content (AvgIpc) is 3.01. The lowest BCUT2D eigenvalue weighted by Crippen LogP contribution is -2.14. The molecule has 4 aromatic rings. The van der Waals surface area contributed by atoms with Gasteiger partial charge in [0.25, 0.3) is 5.91 Å². The summed E-state index contributed by atoms with van der Waals surface area (Å²) in [4.78, 5) is 21.5. The lowest BCUT2D eigenvalue weighted by molar-refractivity contribution is 0.102. The standard InChI is InChI=1S/C18H15N5O2/c1-10-13-7-11(8-20-17(13)23-22-10)21-18(24)16-12-5-3-4-6-14(12)19-9-15(16)25-2/h3-9H,1-2H3,(H,21,24)(H,20,22,23). The number of fused-ring (bicyclic) bond motifs is 2. The van der Waals surface area contributed by atoms with Crippen LogP contribution in [0.1, 0.15) is 16.1 Å². The molecule has 1 aromatic carbocycles. The van der Waals surface area contributed by atoms with Gasteiger partial charge in [-0.1, -0.05) is 18.2 Å². The van der Waals surface area contributed by atoms with E-state index in [9.17, 15) is 4.79 Å². The number of aromatic amines is 1. The van der Waals surface area contributed by atoms with E-state index in [1.165, 1.54) is 7.11 Å². The number of hydrogen-bond donors (Lipinski definition) is 2. The number of hydrogen-bond acceptors (Lipinski definition) is 5. The molecule has 0 bridgehead atoms. The molecule has 0 aliphatic heterocycles. The molecular weight excluding hydrogens is 318 g/mol. The zero-order valence-corrected chi connectivity index (χ0v) is 13.7. The Kier molecular flexibility index (Phi) is 3.53. The SMILES string of the molecule is COc1cnc2ccccc2c1C(=O)Nc1cnc2n[nH]c(C)c2c1. The Hall–Kier alpha value is -3.48. The lowest BCUT2D eigenvalue weighted by atomic mass is 10.1. The van der Waals surface area contributed by atoms with Gasteiger partial charge in [0, 0.05) is 16.5 Å². The first-order valence-electron chi connectivity index (χ1n) is 7.71. The van der Waals surface area contributed by atoms with Crippen LogP contribution in [0.15, 0.2) is 42.7 Å². The number of carbonyl (C=O) groups is 1. The summed E-state index contributed by atoms with van der Waals surface area (Å²) in [5.41, 5.74) is 3.27. The number of anilines is 1. The molecule has 3 heterocycles. The molecule has 2 N–H and O–H groups in total. The molecule has 3 aromatic heterocycles. The van der Waals surface area contributed by atoms with Crippen LogP contribution < -0.4 is 10.1 Å². The van der Waals surface area contributed by atoms with E-state index in [0.29, 0.717) is 22.6 Å². The van der Waals surface area contributed by atoms with Crippen LogP contribution in [0.3, 0.4) is 0 Å². The monoisotopic (exact) mass is 333 g/mol. The first kappa shape index (κ1) is 15.1. The van der Waals surface area contributed by atoms with Crippen molar-refractivity contribution in [3.05, 3.63) is 54.0 Å². The maximum absolute atomic E-state index is 12.9. The first-order valence-corrected chi connectivity index (χ1v) is 7.71. The molecule has 0 atom stereocenters. The second-order valence-electron chi connectivity index (χ2n) is 5.62. The van der Waals surface area contributed by atoms with Crippen molar-refractivity contribution in [3.63, 3.8) is 0 Å². The number of pyridine rings is 2. The van der Waals surface area contributed by atoms with Gasteiger partial charge < -0.3 is 10.1 Å². The highest BCUT2D eigenvalue weighted by Crippen LogP contribution is 2.27. The van der Waals surface area contributed by atoms with Crippen molar-refractivity contribution in [3.8, 4) is 5.75 Å². The summed E-state index contributed by atoms with van der Waals surface area (Å²) < 4.78 is 5.34. The Morgan fingerprint density at radius 1 is 1.16 bits per heavy atom. The molecule has 0 aliphatic rings. The number of benzene rings is 1. The summed E-state index contributed by atoms with van der Waals surface area (Å²) in [6.45, 7) is 1.90. The van der Waals surface area contributed by atoms with Gasteiger partial charge in [0.1, 0.15) is 0 Å². The number of aromatic nitrogens is 4. The van der Waals surface area contributed by atoms with E-state index < -0.39 is 0 Å². The van der Waals surface area contributed by atoms with Crippen LogP contribution in [0.5, 0.6) is 5.75 Å². The Bertz CT molecular complexity index is 1100. The van der Waals surface area contributed by atoms with Crippen molar-refractivity contribution >= 4 is 33.5 Å². The van der Waals surface area contributed by atoms with Crippen molar-refractivity contribution < 1.29 is 9.53 Å². The Morgan fingerprint density at radius 3 is 2.84 bits per heavy atom. The minimum atomic E-state index is -0.280. The highest BCUT2D eigenvalue weighted by Gasteiger charge is 2.18. The molecule has 7 heteroatoms. The van der Waals surface area contributed by atoms with Crippen molar-refractivity contribution in [1.82, 2.24) is 20.2 Å². The maximum atomic E-state index is 12.9. The highest BCUT2D eigenvalue weighted by molar-refractivity contribution is 6.14. The van der Waals surface area contributed by atoms with Gasteiger partial charge in [-0.25, -0.2) is 4.98 Å². The zero-order chi connectivity index (χ0) is 17.4. The van der Waals surface area contributed by atoms with E-state index in [4.69, 9.17) is 4.74 Å². The Labute approximate surface area is 143 Å². The second-order valence-corrected chi connectivity index (χ2v) is 5.62. The first-order chi connectivity index (χ1) is 12.2. The van der Waals surface area contributed by atoms with E-state index in [2.05, 4.69) is 25.5 Å². The number of carbonyl (C=O) groups excluding carboxylic acids is 1. The fourth-order valence-corrected chi connectivity index (χ4v) is 2.79. The predicted octanol–water partition coefficient (Wildman–Crippen LogP) is 3.08. The fraction of sp³-hybridized carbons (Fsp3) is 0.111. The van der Waals surface area contributed by atoms with Crippen molar-refractivity contribution in [1.29, 1.82) is 0 Å². The molecule has 0 unspecified atom stereocenters. The van der Waals surface area contributed by atoms with Crippen LogP contribution in [0.4, 0.5) is 5.69 Å². The van der Waals surface area contributed by atoms with Crippen molar-refractivity contribution in [2.45, 2.75) is 6.92 Å². The van der Waals surface area contributed by atoms with Gasteiger partial charge in [-0.2, -0.15) is 5.10 Å². The third kappa shape index (κ3) is 2.55. The average molecular weight is 333 g/mol. The van der Waals surface area contributed by atoms with Crippen LogP contribution in [0, 0.1) is 6.92 Å². The summed E-state index contributed by atoms with van der Waals surface area (Å²) in [6, 6.07) is 9.29. The predicted molar refractivity (Wildman–Crippen MR) is 94.9 cm³/mol. The minimum Gasteiger partial charge on any atom is -0.494 e. The van der Waals surface area contributed by atoms with Gasteiger partial charge in [0.15, 0.2) is 11.4 Å². The van der Waals surface area contributed by atoms with Crippen LogP contribution in [0.2, 0.25) is 0 Å². The van der Waals surface area contributed by atoms with Crippen molar-refractivity contribution in [2.24, 2.45) is 0 Å². The van der Waals surface area contributed by atoms with Gasteiger partial charge in [0.2, 0.25) is 0 Å². The third-order valence-corrected chi connectivity index (χ3v) is 4.05. The molecule has 4 rings (SSSR count). The molecule has 0 radical (unpaired) electrons. The van der Waals surface area contributed by atoms with Gasteiger partial charge in [-0.05, 0) is 19.1 Å². The summed E-state index contributed by atoms with van der Waals surface area (Å²) in [5, 5.41) is 11.4. The molecule has 0 fully saturated rings. The summed E-state index contributed by atoms with van der Waals surface area (Å²) in [6.07, 6.45) is 3.13. The molecule has 1 amide bonds. The van der Waals surface area contributed by atoms with E-state index in [0.717, 1.165) is 22.0 Å². The largest absolute Gasteiger partial charge is 0.494 e. The second kappa shape index (κ2) is 5.86. The van der Waals surface area contributed by atoms with Crippen LogP contribution >= 0.6 is 0 Å². The van der Waals surface area contributed by atoms with E-state index >= 15 is 0 Å². The van der Waals surface area contributed by atoms with Gasteiger partial charge in [-0.3, -0.25) is 14.9 Å². The summed E-state index contributed by atoms with van der Waals surface area (Å²) >= 11 is 0. The molecule has 0 saturated heterocycles. The highest BCUT2D eigenvalue weighted by atomic mass is 16.5. The lowest BCUT2D eigenvalue weighted by Gasteiger charge is -2.11. The Balaban J connectivity index is 1.77. The van der Waals surface area contributed by atoms with Gasteiger partial charge in [-0.15, -0.1) is 0 Å². The number of methoxy groups -OCH3 is 1. The number of H-pyrrole nitrogens is 1. The molecule has 25 heavy (non-hydrogen) atoms. The van der Waals surface area contributed by atoms with Gasteiger partial charge >= 0.3 is 0 Å². The molecule has 7 nitrogen and oxygen atoms in total. The van der Waals surface area contributed by atoms with Crippen molar-refractivity contribution in [2.75, 3.05) is 12.4 Å². The zero-order valence-electron chi connectivity index (χ0n) is 13.7. The number of amides is 1. The molecule has 0 aliphatic carbocycles. The maximum Gasteiger partial charge on any atom is 0.260 e. The number of nitrogens with zero attached hydrogens (tertiary/aromatic N) is 3. The molecule has 0 spiro atoms. The van der Waals surface area contributed by atoms with E-state index in [1.807, 2.05) is 37.3 Å². The van der Waals surface area contributed by atoms with Gasteiger partial charge in [0.05, 0.1) is 36.3 Å². The van der Waals surface area contributed by atoms with E-state index in [-0.39, 0.29) is 5.91 Å². The van der Waals surface area contributed by atoms with Crippen LogP contribution in [0.25, 0.3) is 21.9 Å². The quantitative estimate of drug-likeness (QED) is 0.601. The normalized spacial score (nSPS) is 11.0. The third-order valence-electron chi connectivity index (χ3n) is 4.05. The summed E-state index contributed by atoms with van der Waals surface area (Å²) in [5.74, 6) is 0.141.